The molecule has 0 unspecified atom stereocenters. The van der Waals surface area contributed by atoms with Crippen LogP contribution in [0.4, 0.5) is 5.69 Å². The van der Waals surface area contributed by atoms with Crippen molar-refractivity contribution in [1.82, 2.24) is 4.98 Å². The predicted octanol–water partition coefficient (Wildman–Crippen LogP) is 4.00. The van der Waals surface area contributed by atoms with Crippen molar-refractivity contribution in [3.8, 4) is 0 Å². The van der Waals surface area contributed by atoms with Crippen LogP contribution < -0.4 is 11.1 Å². The lowest BCUT2D eigenvalue weighted by molar-refractivity contribution is -0.116. The van der Waals surface area contributed by atoms with Gasteiger partial charge in [-0.1, -0.05) is 35.3 Å². The first-order valence-corrected chi connectivity index (χ1v) is 7.64. The van der Waals surface area contributed by atoms with Crippen molar-refractivity contribution in [2.75, 3.05) is 5.32 Å². The third-order valence-electron chi connectivity index (χ3n) is 3.35. The minimum Gasteiger partial charge on any atom is -0.408 e. The number of aromatic amines is 1. The lowest BCUT2D eigenvalue weighted by atomic mass is 10.1. The number of aromatic nitrogens is 1. The Bertz CT molecular complexity index is 930. The van der Waals surface area contributed by atoms with Gasteiger partial charge in [0.1, 0.15) is 0 Å². The van der Waals surface area contributed by atoms with E-state index in [0.29, 0.717) is 33.3 Å². The molecule has 0 saturated carbocycles. The van der Waals surface area contributed by atoms with Crippen LogP contribution in [-0.2, 0) is 11.2 Å². The van der Waals surface area contributed by atoms with E-state index in [9.17, 15) is 9.59 Å². The highest BCUT2D eigenvalue weighted by atomic mass is 35.5. The molecule has 0 radical (unpaired) electrons. The van der Waals surface area contributed by atoms with Crippen molar-refractivity contribution in [3.63, 3.8) is 0 Å². The molecule has 118 valence electrons. The first kappa shape index (κ1) is 15.6. The highest BCUT2D eigenvalue weighted by Gasteiger charge is 2.09. The second kappa shape index (κ2) is 6.48. The zero-order valence-electron chi connectivity index (χ0n) is 11.9. The van der Waals surface area contributed by atoms with E-state index in [1.54, 1.807) is 30.3 Å². The van der Waals surface area contributed by atoms with Gasteiger partial charge in [0.15, 0.2) is 5.58 Å². The van der Waals surface area contributed by atoms with E-state index in [1.807, 2.05) is 6.07 Å². The van der Waals surface area contributed by atoms with E-state index in [4.69, 9.17) is 27.6 Å². The number of carbonyl (C=O) groups is 1. The molecule has 2 aromatic carbocycles. The summed E-state index contributed by atoms with van der Waals surface area (Å²) in [6, 6.07) is 10.4. The van der Waals surface area contributed by atoms with Gasteiger partial charge in [-0.3, -0.25) is 9.78 Å². The number of anilines is 1. The average molecular weight is 351 g/mol. The molecule has 5 nitrogen and oxygen atoms in total. The summed E-state index contributed by atoms with van der Waals surface area (Å²) in [5, 5.41) is 3.44. The lowest BCUT2D eigenvalue weighted by Gasteiger charge is -2.08. The number of carbonyl (C=O) groups excluding carboxylic acids is 1. The van der Waals surface area contributed by atoms with Crippen LogP contribution in [0.15, 0.2) is 45.6 Å². The third-order valence-corrected chi connectivity index (χ3v) is 4.17. The summed E-state index contributed by atoms with van der Waals surface area (Å²) in [5.74, 6) is -0.666. The van der Waals surface area contributed by atoms with Gasteiger partial charge < -0.3 is 9.73 Å². The molecule has 1 heterocycles. The molecule has 7 heteroatoms. The second-order valence-electron chi connectivity index (χ2n) is 4.99. The number of amides is 1. The fourth-order valence-electron chi connectivity index (χ4n) is 2.23. The van der Waals surface area contributed by atoms with Crippen molar-refractivity contribution in [2.24, 2.45) is 0 Å². The Morgan fingerprint density at radius 1 is 1.22 bits per heavy atom. The van der Waals surface area contributed by atoms with Crippen LogP contribution in [-0.4, -0.2) is 10.9 Å². The third kappa shape index (κ3) is 3.57. The summed E-state index contributed by atoms with van der Waals surface area (Å²) < 4.78 is 4.93. The summed E-state index contributed by atoms with van der Waals surface area (Å²) in [6.45, 7) is 0. The van der Waals surface area contributed by atoms with Gasteiger partial charge in [0.2, 0.25) is 5.91 Å². The first-order valence-electron chi connectivity index (χ1n) is 6.88. The van der Waals surface area contributed by atoms with Crippen LogP contribution in [0.1, 0.15) is 12.0 Å². The molecule has 3 rings (SSSR count). The summed E-state index contributed by atoms with van der Waals surface area (Å²) in [5.41, 5.74) is 2.51. The molecule has 1 amide bonds. The monoisotopic (exact) mass is 350 g/mol. The number of oxazole rings is 1. The summed E-state index contributed by atoms with van der Waals surface area (Å²) in [6.07, 6.45) is 0.795. The Balaban J connectivity index is 1.65. The summed E-state index contributed by atoms with van der Waals surface area (Å²) >= 11 is 11.9. The molecule has 0 fully saturated rings. The van der Waals surface area contributed by atoms with Gasteiger partial charge in [0.05, 0.1) is 21.2 Å². The van der Waals surface area contributed by atoms with Gasteiger partial charge in [0, 0.05) is 6.42 Å². The van der Waals surface area contributed by atoms with Gasteiger partial charge >= 0.3 is 5.76 Å². The Hall–Kier alpha value is -2.24. The number of halogens is 2. The van der Waals surface area contributed by atoms with E-state index >= 15 is 0 Å². The Morgan fingerprint density at radius 3 is 2.87 bits per heavy atom. The van der Waals surface area contributed by atoms with Crippen LogP contribution in [0.2, 0.25) is 10.0 Å². The van der Waals surface area contributed by atoms with E-state index in [0.717, 1.165) is 5.56 Å². The molecule has 3 aromatic rings. The highest BCUT2D eigenvalue weighted by Crippen LogP contribution is 2.29. The van der Waals surface area contributed by atoms with E-state index in [-0.39, 0.29) is 12.3 Å². The van der Waals surface area contributed by atoms with Crippen LogP contribution >= 0.6 is 23.2 Å². The molecule has 2 N–H and O–H groups in total. The minimum absolute atomic E-state index is 0.171. The van der Waals surface area contributed by atoms with Gasteiger partial charge in [-0.25, -0.2) is 4.79 Å². The van der Waals surface area contributed by atoms with Crippen LogP contribution in [0.5, 0.6) is 0 Å². The number of hydrogen-bond donors (Lipinski definition) is 2. The second-order valence-corrected chi connectivity index (χ2v) is 5.78. The zero-order valence-corrected chi connectivity index (χ0v) is 13.4. The Labute approximate surface area is 141 Å². The lowest BCUT2D eigenvalue weighted by Crippen LogP contribution is -2.12. The van der Waals surface area contributed by atoms with Crippen molar-refractivity contribution in [2.45, 2.75) is 12.8 Å². The van der Waals surface area contributed by atoms with Gasteiger partial charge in [0.25, 0.3) is 0 Å². The molecule has 0 aliphatic carbocycles. The number of aryl methyl sites for hydroxylation is 1. The van der Waals surface area contributed by atoms with Crippen LogP contribution in [0.3, 0.4) is 0 Å². The number of hydrogen-bond acceptors (Lipinski definition) is 3. The molecule has 0 aliphatic heterocycles. The normalized spacial score (nSPS) is 10.9. The van der Waals surface area contributed by atoms with Crippen molar-refractivity contribution in [1.29, 1.82) is 0 Å². The standard InChI is InChI=1S/C16H12Cl2N2O3/c17-10-2-1-3-11(15(10)18)19-14(21)7-5-9-4-6-13-12(8-9)20-16(22)23-13/h1-4,6,8H,5,7H2,(H,19,21)(H,20,22). The predicted molar refractivity (Wildman–Crippen MR) is 90.2 cm³/mol. The highest BCUT2D eigenvalue weighted by molar-refractivity contribution is 6.43. The topological polar surface area (TPSA) is 75.1 Å². The summed E-state index contributed by atoms with van der Waals surface area (Å²) in [4.78, 5) is 25.7. The number of H-pyrrole nitrogens is 1. The Kier molecular flexibility index (Phi) is 4.41. The van der Waals surface area contributed by atoms with E-state index < -0.39 is 5.76 Å². The maximum absolute atomic E-state index is 12.0. The van der Waals surface area contributed by atoms with Gasteiger partial charge in [-0.15, -0.1) is 0 Å². The largest absolute Gasteiger partial charge is 0.417 e. The maximum Gasteiger partial charge on any atom is 0.417 e. The zero-order chi connectivity index (χ0) is 16.4. The quantitative estimate of drug-likeness (QED) is 0.746. The number of nitrogens with one attached hydrogen (secondary N) is 2. The molecule has 0 aliphatic rings. The SMILES string of the molecule is O=C(CCc1ccc2oc(=O)[nH]c2c1)Nc1cccc(Cl)c1Cl. The van der Waals surface area contributed by atoms with E-state index in [2.05, 4.69) is 10.3 Å². The Morgan fingerprint density at radius 2 is 2.04 bits per heavy atom. The molecule has 23 heavy (non-hydrogen) atoms. The van der Waals surface area contributed by atoms with Crippen LogP contribution in [0.25, 0.3) is 11.1 Å². The molecule has 0 saturated heterocycles. The molecular weight excluding hydrogens is 339 g/mol. The number of fused-ring (bicyclic) bond motifs is 1. The summed E-state index contributed by atoms with van der Waals surface area (Å²) in [7, 11) is 0. The van der Waals surface area contributed by atoms with Crippen molar-refractivity contribution >= 4 is 45.9 Å². The number of rotatable bonds is 4. The van der Waals surface area contributed by atoms with E-state index in [1.165, 1.54) is 0 Å². The number of benzene rings is 2. The van der Waals surface area contributed by atoms with Crippen molar-refractivity contribution < 1.29 is 9.21 Å². The maximum atomic E-state index is 12.0. The molecule has 0 bridgehead atoms. The molecular formula is C16H12Cl2N2O3. The molecule has 1 aromatic heterocycles. The molecule has 0 atom stereocenters. The fourth-order valence-corrected chi connectivity index (χ4v) is 2.57. The smallest absolute Gasteiger partial charge is 0.408 e. The van der Waals surface area contributed by atoms with Gasteiger partial charge in [-0.2, -0.15) is 0 Å². The van der Waals surface area contributed by atoms with Crippen molar-refractivity contribution in [3.05, 3.63) is 62.6 Å². The fraction of sp³-hybridized carbons (Fsp3) is 0.125. The van der Waals surface area contributed by atoms with Crippen LogP contribution in [0, 0.1) is 0 Å². The minimum atomic E-state index is -0.495. The van der Waals surface area contributed by atoms with Gasteiger partial charge in [-0.05, 0) is 36.2 Å². The molecule has 0 spiro atoms. The average Bonchev–Trinajstić information content (AvgIpc) is 2.89. The first-order chi connectivity index (χ1) is 11.0.